The maximum Gasteiger partial charge on any atom is 0.236 e. The molecule has 2 rings (SSSR count). The van der Waals surface area contributed by atoms with Gasteiger partial charge < -0.3 is 10.0 Å². The minimum atomic E-state index is -0.414. The summed E-state index contributed by atoms with van der Waals surface area (Å²) in [6.45, 7) is 11.2. The zero-order chi connectivity index (χ0) is 17.5. The molecule has 5 heteroatoms. The SMILES string of the molecule is CC(O)CN(CC(=O)N1CCN(Cc2ccccc2)CC1)C(C)C. The summed E-state index contributed by atoms with van der Waals surface area (Å²) in [5.74, 6) is 0.170. The van der Waals surface area contributed by atoms with Gasteiger partial charge in [-0.15, -0.1) is 0 Å². The molecule has 1 amide bonds. The van der Waals surface area contributed by atoms with Crippen molar-refractivity contribution in [2.75, 3.05) is 39.3 Å². The largest absolute Gasteiger partial charge is 0.392 e. The molecule has 0 radical (unpaired) electrons. The van der Waals surface area contributed by atoms with Crippen LogP contribution in [0.5, 0.6) is 0 Å². The molecular formula is C19H31N3O2. The summed E-state index contributed by atoms with van der Waals surface area (Å²) in [5, 5.41) is 9.60. The predicted octanol–water partition coefficient (Wildman–Crippen LogP) is 1.42. The first kappa shape index (κ1) is 18.9. The molecule has 24 heavy (non-hydrogen) atoms. The molecule has 1 aliphatic heterocycles. The molecular weight excluding hydrogens is 302 g/mol. The standard InChI is InChI=1S/C19H31N3O2/c1-16(2)22(13-17(3)23)15-19(24)21-11-9-20(10-12-21)14-18-7-5-4-6-8-18/h4-8,16-17,23H,9-15H2,1-3H3. The second-order valence-corrected chi connectivity index (χ2v) is 7.01. The van der Waals surface area contributed by atoms with Crippen LogP contribution in [0.3, 0.4) is 0 Å². The third-order valence-electron chi connectivity index (χ3n) is 4.54. The third-order valence-corrected chi connectivity index (χ3v) is 4.54. The molecule has 5 nitrogen and oxygen atoms in total. The predicted molar refractivity (Wildman–Crippen MR) is 96.7 cm³/mol. The lowest BCUT2D eigenvalue weighted by Crippen LogP contribution is -2.52. The molecule has 0 spiro atoms. The van der Waals surface area contributed by atoms with Crippen LogP contribution in [0.25, 0.3) is 0 Å². The molecule has 1 saturated heterocycles. The van der Waals surface area contributed by atoms with Gasteiger partial charge in [0.2, 0.25) is 5.91 Å². The van der Waals surface area contributed by atoms with Gasteiger partial charge in [-0.1, -0.05) is 30.3 Å². The number of amides is 1. The van der Waals surface area contributed by atoms with Crippen molar-refractivity contribution in [1.82, 2.24) is 14.7 Å². The van der Waals surface area contributed by atoms with E-state index >= 15 is 0 Å². The number of carbonyl (C=O) groups is 1. The zero-order valence-electron chi connectivity index (χ0n) is 15.2. The minimum absolute atomic E-state index is 0.170. The van der Waals surface area contributed by atoms with E-state index in [1.807, 2.05) is 15.9 Å². The van der Waals surface area contributed by atoms with Crippen LogP contribution < -0.4 is 0 Å². The Kier molecular flexibility index (Phi) is 7.21. The first-order valence-corrected chi connectivity index (χ1v) is 8.92. The quantitative estimate of drug-likeness (QED) is 0.820. The number of carbonyl (C=O) groups excluding carboxylic acids is 1. The molecule has 1 aliphatic rings. The third kappa shape index (κ3) is 5.89. The van der Waals surface area contributed by atoms with Crippen LogP contribution in [-0.2, 0) is 11.3 Å². The van der Waals surface area contributed by atoms with Gasteiger partial charge in [0.25, 0.3) is 0 Å². The summed E-state index contributed by atoms with van der Waals surface area (Å²) in [6.07, 6.45) is -0.414. The highest BCUT2D eigenvalue weighted by Gasteiger charge is 2.24. The van der Waals surface area contributed by atoms with Crippen molar-refractivity contribution in [2.24, 2.45) is 0 Å². The number of aliphatic hydroxyl groups excluding tert-OH is 1. The summed E-state index contributed by atoms with van der Waals surface area (Å²) in [6, 6.07) is 10.7. The van der Waals surface area contributed by atoms with Crippen LogP contribution in [0, 0.1) is 0 Å². The number of hydrogen-bond donors (Lipinski definition) is 1. The Morgan fingerprint density at radius 1 is 1.12 bits per heavy atom. The number of aliphatic hydroxyl groups is 1. The van der Waals surface area contributed by atoms with E-state index in [-0.39, 0.29) is 11.9 Å². The van der Waals surface area contributed by atoms with Crippen molar-refractivity contribution in [3.63, 3.8) is 0 Å². The summed E-state index contributed by atoms with van der Waals surface area (Å²) in [7, 11) is 0. The van der Waals surface area contributed by atoms with Gasteiger partial charge in [0.15, 0.2) is 0 Å². The molecule has 1 fully saturated rings. The fourth-order valence-electron chi connectivity index (χ4n) is 3.07. The van der Waals surface area contributed by atoms with Gasteiger partial charge in [-0.2, -0.15) is 0 Å². The Hall–Kier alpha value is -1.43. The van der Waals surface area contributed by atoms with Gasteiger partial charge in [-0.05, 0) is 26.3 Å². The van der Waals surface area contributed by atoms with Crippen LogP contribution in [0.1, 0.15) is 26.3 Å². The molecule has 0 aromatic heterocycles. The molecule has 1 unspecified atom stereocenters. The van der Waals surface area contributed by atoms with Gasteiger partial charge in [0, 0.05) is 45.3 Å². The van der Waals surface area contributed by atoms with Crippen LogP contribution in [0.4, 0.5) is 0 Å². The molecule has 1 heterocycles. The first-order chi connectivity index (χ1) is 11.5. The highest BCUT2D eigenvalue weighted by atomic mass is 16.3. The number of piperazine rings is 1. The molecule has 0 bridgehead atoms. The van der Waals surface area contributed by atoms with Crippen molar-refractivity contribution in [1.29, 1.82) is 0 Å². The smallest absolute Gasteiger partial charge is 0.236 e. The van der Waals surface area contributed by atoms with Crippen molar-refractivity contribution in [3.05, 3.63) is 35.9 Å². The van der Waals surface area contributed by atoms with E-state index in [4.69, 9.17) is 0 Å². The van der Waals surface area contributed by atoms with Gasteiger partial charge in [0.05, 0.1) is 12.6 Å². The van der Waals surface area contributed by atoms with Crippen molar-refractivity contribution < 1.29 is 9.90 Å². The van der Waals surface area contributed by atoms with E-state index in [0.717, 1.165) is 32.7 Å². The fraction of sp³-hybridized carbons (Fsp3) is 0.632. The number of benzene rings is 1. The Morgan fingerprint density at radius 3 is 2.29 bits per heavy atom. The lowest BCUT2D eigenvalue weighted by molar-refractivity contribution is -0.135. The summed E-state index contributed by atoms with van der Waals surface area (Å²) in [4.78, 5) is 18.9. The van der Waals surface area contributed by atoms with Crippen LogP contribution >= 0.6 is 0 Å². The number of hydrogen-bond acceptors (Lipinski definition) is 4. The van der Waals surface area contributed by atoms with Crippen LogP contribution in [0.15, 0.2) is 30.3 Å². The fourth-order valence-corrected chi connectivity index (χ4v) is 3.07. The average molecular weight is 333 g/mol. The monoisotopic (exact) mass is 333 g/mol. The Balaban J connectivity index is 1.79. The lowest BCUT2D eigenvalue weighted by Gasteiger charge is -2.36. The number of nitrogens with zero attached hydrogens (tertiary/aromatic N) is 3. The highest BCUT2D eigenvalue weighted by Crippen LogP contribution is 2.10. The van der Waals surface area contributed by atoms with Gasteiger partial charge >= 0.3 is 0 Å². The Bertz CT molecular complexity index is 497. The highest BCUT2D eigenvalue weighted by molar-refractivity contribution is 5.78. The first-order valence-electron chi connectivity index (χ1n) is 8.92. The van der Waals surface area contributed by atoms with E-state index < -0.39 is 6.10 Å². The normalized spacial score (nSPS) is 17.5. The maximum absolute atomic E-state index is 12.5. The van der Waals surface area contributed by atoms with E-state index in [1.54, 1.807) is 6.92 Å². The zero-order valence-corrected chi connectivity index (χ0v) is 15.2. The molecule has 1 aromatic carbocycles. The summed E-state index contributed by atoms with van der Waals surface area (Å²) >= 11 is 0. The van der Waals surface area contributed by atoms with Gasteiger partial charge in [-0.3, -0.25) is 14.6 Å². The van der Waals surface area contributed by atoms with E-state index in [1.165, 1.54) is 5.56 Å². The molecule has 0 saturated carbocycles. The Morgan fingerprint density at radius 2 is 1.75 bits per heavy atom. The molecule has 1 N–H and O–H groups in total. The maximum atomic E-state index is 12.5. The molecule has 1 aromatic rings. The second kappa shape index (κ2) is 9.16. The number of rotatable bonds is 7. The van der Waals surface area contributed by atoms with Crippen molar-refractivity contribution in [3.8, 4) is 0 Å². The summed E-state index contributed by atoms with van der Waals surface area (Å²) in [5.41, 5.74) is 1.32. The Labute approximate surface area is 145 Å². The van der Waals surface area contributed by atoms with E-state index in [9.17, 15) is 9.90 Å². The van der Waals surface area contributed by atoms with E-state index in [0.29, 0.717) is 13.1 Å². The second-order valence-electron chi connectivity index (χ2n) is 7.01. The molecule has 1 atom stereocenters. The van der Waals surface area contributed by atoms with Gasteiger partial charge in [-0.25, -0.2) is 0 Å². The van der Waals surface area contributed by atoms with E-state index in [2.05, 4.69) is 43.0 Å². The van der Waals surface area contributed by atoms with Crippen LogP contribution in [-0.4, -0.2) is 77.1 Å². The lowest BCUT2D eigenvalue weighted by atomic mass is 10.2. The average Bonchev–Trinajstić information content (AvgIpc) is 2.55. The molecule has 134 valence electrons. The van der Waals surface area contributed by atoms with Crippen molar-refractivity contribution in [2.45, 2.75) is 39.5 Å². The minimum Gasteiger partial charge on any atom is -0.392 e. The van der Waals surface area contributed by atoms with Gasteiger partial charge in [0.1, 0.15) is 0 Å². The molecule has 0 aliphatic carbocycles. The van der Waals surface area contributed by atoms with Crippen LogP contribution in [0.2, 0.25) is 0 Å². The van der Waals surface area contributed by atoms with Crippen molar-refractivity contribution >= 4 is 5.91 Å². The summed E-state index contributed by atoms with van der Waals surface area (Å²) < 4.78 is 0. The topological polar surface area (TPSA) is 47.0 Å².